The van der Waals surface area contributed by atoms with Crippen LogP contribution >= 0.6 is 0 Å². The quantitative estimate of drug-likeness (QED) is 0.618. The minimum absolute atomic E-state index is 0.0215. The summed E-state index contributed by atoms with van der Waals surface area (Å²) in [4.78, 5) is 27.1. The van der Waals surface area contributed by atoms with Crippen LogP contribution in [0.25, 0.3) is 0 Å². The van der Waals surface area contributed by atoms with Gasteiger partial charge >= 0.3 is 0 Å². The van der Waals surface area contributed by atoms with Crippen molar-refractivity contribution < 1.29 is 9.59 Å². The molecule has 3 N–H and O–H groups in total. The predicted octanol–water partition coefficient (Wildman–Crippen LogP) is -1.63. The minimum Gasteiger partial charge on any atom is -0.354 e. The van der Waals surface area contributed by atoms with E-state index in [0.717, 1.165) is 26.1 Å². The van der Waals surface area contributed by atoms with Crippen LogP contribution in [-0.2, 0) is 9.59 Å². The summed E-state index contributed by atoms with van der Waals surface area (Å²) in [6, 6.07) is 0.318. The molecule has 0 aliphatic carbocycles. The SMILES string of the molecule is NCCNC(=O)CN1CCN2C(=O)CCC2C1. The molecule has 6 heteroatoms. The van der Waals surface area contributed by atoms with Crippen molar-refractivity contribution in [2.75, 3.05) is 39.3 Å². The van der Waals surface area contributed by atoms with Gasteiger partial charge in [0.05, 0.1) is 6.54 Å². The Kier molecular flexibility index (Phi) is 3.96. The number of rotatable bonds is 4. The molecule has 96 valence electrons. The van der Waals surface area contributed by atoms with Gasteiger partial charge in [-0.2, -0.15) is 0 Å². The Morgan fingerprint density at radius 1 is 1.47 bits per heavy atom. The van der Waals surface area contributed by atoms with E-state index in [2.05, 4.69) is 10.2 Å². The van der Waals surface area contributed by atoms with Crippen LogP contribution < -0.4 is 11.1 Å². The first-order chi connectivity index (χ1) is 8.20. The van der Waals surface area contributed by atoms with Crippen LogP contribution in [0.5, 0.6) is 0 Å². The molecule has 2 saturated heterocycles. The monoisotopic (exact) mass is 240 g/mol. The Morgan fingerprint density at radius 3 is 3.06 bits per heavy atom. The molecular formula is C11H20N4O2. The van der Waals surface area contributed by atoms with E-state index in [1.807, 2.05) is 4.90 Å². The Labute approximate surface area is 101 Å². The zero-order valence-corrected chi connectivity index (χ0v) is 10.0. The number of nitrogens with zero attached hydrogens (tertiary/aromatic N) is 2. The number of nitrogens with two attached hydrogens (primary N) is 1. The molecule has 17 heavy (non-hydrogen) atoms. The Bertz CT molecular complexity index is 308. The molecule has 1 unspecified atom stereocenters. The Hall–Kier alpha value is -1.14. The van der Waals surface area contributed by atoms with Crippen molar-refractivity contribution in [3.05, 3.63) is 0 Å². The van der Waals surface area contributed by atoms with Crippen LogP contribution in [0.15, 0.2) is 0 Å². The summed E-state index contributed by atoms with van der Waals surface area (Å²) in [5, 5.41) is 2.76. The molecule has 0 bridgehead atoms. The lowest BCUT2D eigenvalue weighted by Gasteiger charge is -2.37. The van der Waals surface area contributed by atoms with Gasteiger partial charge in [-0.05, 0) is 6.42 Å². The summed E-state index contributed by atoms with van der Waals surface area (Å²) in [6.07, 6.45) is 1.59. The van der Waals surface area contributed by atoms with E-state index in [1.54, 1.807) is 0 Å². The highest BCUT2D eigenvalue weighted by atomic mass is 16.2. The van der Waals surface area contributed by atoms with Gasteiger partial charge in [0.25, 0.3) is 0 Å². The molecule has 0 aromatic carbocycles. The predicted molar refractivity (Wildman–Crippen MR) is 63.2 cm³/mol. The van der Waals surface area contributed by atoms with Gasteiger partial charge in [-0.15, -0.1) is 0 Å². The topological polar surface area (TPSA) is 78.7 Å². The molecule has 0 aromatic heterocycles. The highest BCUT2D eigenvalue weighted by molar-refractivity contribution is 5.79. The second-order valence-electron chi connectivity index (χ2n) is 4.65. The van der Waals surface area contributed by atoms with Crippen molar-refractivity contribution in [3.8, 4) is 0 Å². The molecule has 0 saturated carbocycles. The highest BCUT2D eigenvalue weighted by Crippen LogP contribution is 2.22. The number of amides is 2. The summed E-state index contributed by atoms with van der Waals surface area (Å²) >= 11 is 0. The second kappa shape index (κ2) is 5.46. The second-order valence-corrected chi connectivity index (χ2v) is 4.65. The summed E-state index contributed by atoms with van der Waals surface area (Å²) in [5.41, 5.74) is 5.32. The molecular weight excluding hydrogens is 220 g/mol. The number of nitrogens with one attached hydrogen (secondary N) is 1. The lowest BCUT2D eigenvalue weighted by molar-refractivity contribution is -0.131. The number of carbonyl (C=O) groups is 2. The third-order valence-corrected chi connectivity index (χ3v) is 3.41. The average Bonchev–Trinajstić information content (AvgIpc) is 2.68. The lowest BCUT2D eigenvalue weighted by atomic mass is 10.1. The number of hydrogen-bond donors (Lipinski definition) is 2. The first-order valence-corrected chi connectivity index (χ1v) is 6.19. The van der Waals surface area contributed by atoms with Gasteiger partial charge in [-0.3, -0.25) is 14.5 Å². The smallest absolute Gasteiger partial charge is 0.234 e. The fourth-order valence-electron chi connectivity index (χ4n) is 2.54. The zero-order valence-electron chi connectivity index (χ0n) is 10.0. The number of piperazine rings is 1. The molecule has 0 radical (unpaired) electrons. The van der Waals surface area contributed by atoms with Crippen molar-refractivity contribution in [1.82, 2.24) is 15.1 Å². The van der Waals surface area contributed by atoms with Gasteiger partial charge in [0.15, 0.2) is 0 Å². The van der Waals surface area contributed by atoms with Crippen LogP contribution in [0, 0.1) is 0 Å². The van der Waals surface area contributed by atoms with Crippen molar-refractivity contribution in [1.29, 1.82) is 0 Å². The number of hydrogen-bond acceptors (Lipinski definition) is 4. The van der Waals surface area contributed by atoms with E-state index in [-0.39, 0.29) is 11.8 Å². The molecule has 0 spiro atoms. The molecule has 1 atom stereocenters. The van der Waals surface area contributed by atoms with Gasteiger partial charge < -0.3 is 16.0 Å². The fraction of sp³-hybridized carbons (Fsp3) is 0.818. The van der Waals surface area contributed by atoms with E-state index in [4.69, 9.17) is 5.73 Å². The van der Waals surface area contributed by atoms with Crippen LogP contribution in [-0.4, -0.2) is 66.9 Å². The van der Waals surface area contributed by atoms with Crippen LogP contribution in [0.2, 0.25) is 0 Å². The van der Waals surface area contributed by atoms with Gasteiger partial charge in [-0.1, -0.05) is 0 Å². The van der Waals surface area contributed by atoms with E-state index >= 15 is 0 Å². The molecule has 2 aliphatic rings. The standard InChI is InChI=1S/C11H20N4O2/c12-3-4-13-10(16)8-14-5-6-15-9(7-14)1-2-11(15)17/h9H,1-8,12H2,(H,13,16). The Balaban J connectivity index is 1.77. The van der Waals surface area contributed by atoms with Crippen LogP contribution in [0.1, 0.15) is 12.8 Å². The maximum Gasteiger partial charge on any atom is 0.234 e. The van der Waals surface area contributed by atoms with Gasteiger partial charge in [0.1, 0.15) is 0 Å². The van der Waals surface area contributed by atoms with E-state index in [9.17, 15) is 9.59 Å². The van der Waals surface area contributed by atoms with E-state index < -0.39 is 0 Å². The zero-order chi connectivity index (χ0) is 12.3. The summed E-state index contributed by atoms with van der Waals surface area (Å²) in [6.45, 7) is 3.78. The third kappa shape index (κ3) is 2.95. The van der Waals surface area contributed by atoms with Gasteiger partial charge in [0, 0.05) is 45.2 Å². The lowest BCUT2D eigenvalue weighted by Crippen LogP contribution is -2.53. The Morgan fingerprint density at radius 2 is 2.29 bits per heavy atom. The highest BCUT2D eigenvalue weighted by Gasteiger charge is 2.35. The molecule has 2 fully saturated rings. The molecule has 6 nitrogen and oxygen atoms in total. The van der Waals surface area contributed by atoms with Crippen molar-refractivity contribution in [2.24, 2.45) is 5.73 Å². The van der Waals surface area contributed by atoms with Crippen LogP contribution in [0.3, 0.4) is 0 Å². The number of fused-ring (bicyclic) bond motifs is 1. The largest absolute Gasteiger partial charge is 0.354 e. The summed E-state index contributed by atoms with van der Waals surface area (Å²) < 4.78 is 0. The average molecular weight is 240 g/mol. The third-order valence-electron chi connectivity index (χ3n) is 3.41. The van der Waals surface area contributed by atoms with Crippen molar-refractivity contribution >= 4 is 11.8 Å². The van der Waals surface area contributed by atoms with Gasteiger partial charge in [0.2, 0.25) is 11.8 Å². The molecule has 2 amide bonds. The van der Waals surface area contributed by atoms with Crippen molar-refractivity contribution in [2.45, 2.75) is 18.9 Å². The van der Waals surface area contributed by atoms with Crippen LogP contribution in [0.4, 0.5) is 0 Å². The first-order valence-electron chi connectivity index (χ1n) is 6.19. The maximum absolute atomic E-state index is 11.5. The summed E-state index contributed by atoms with van der Waals surface area (Å²) in [7, 11) is 0. The molecule has 0 aromatic rings. The summed E-state index contributed by atoms with van der Waals surface area (Å²) in [5.74, 6) is 0.287. The van der Waals surface area contributed by atoms with E-state index in [0.29, 0.717) is 32.1 Å². The van der Waals surface area contributed by atoms with Crippen molar-refractivity contribution in [3.63, 3.8) is 0 Å². The van der Waals surface area contributed by atoms with Gasteiger partial charge in [-0.25, -0.2) is 0 Å². The molecule has 2 aliphatic heterocycles. The molecule has 2 rings (SSSR count). The van der Waals surface area contributed by atoms with E-state index in [1.165, 1.54) is 0 Å². The minimum atomic E-state index is 0.0215. The fourth-order valence-corrected chi connectivity index (χ4v) is 2.54. The first kappa shape index (κ1) is 12.3. The normalized spacial score (nSPS) is 24.9. The maximum atomic E-state index is 11.5. The molecule has 2 heterocycles. The number of carbonyl (C=O) groups excluding carboxylic acids is 2.